The molecule has 2 nitrogen and oxygen atoms in total. The number of hydrogen-bond acceptors (Lipinski definition) is 2. The van der Waals surface area contributed by atoms with Crippen molar-refractivity contribution in [2.75, 3.05) is 19.6 Å². The third-order valence-electron chi connectivity index (χ3n) is 3.75. The van der Waals surface area contributed by atoms with Gasteiger partial charge in [0.1, 0.15) is 0 Å². The maximum absolute atomic E-state index is 4.52. The fraction of sp³-hybridized carbons (Fsp3) is 0.588. The van der Waals surface area contributed by atoms with Crippen molar-refractivity contribution in [3.63, 3.8) is 0 Å². The molecule has 1 aliphatic rings. The normalized spacial score (nSPS) is 18.1. The molecule has 0 atom stereocenters. The number of hydrogen-bond donors (Lipinski definition) is 0. The van der Waals surface area contributed by atoms with Gasteiger partial charge in [0.25, 0.3) is 0 Å². The fourth-order valence-electron chi connectivity index (χ4n) is 2.41. The Balaban J connectivity index is 1.88. The van der Waals surface area contributed by atoms with Gasteiger partial charge in [-0.2, -0.15) is 0 Å². The molecule has 0 radical (unpaired) electrons. The first kappa shape index (κ1) is 14.3. The summed E-state index contributed by atoms with van der Waals surface area (Å²) in [6.45, 7) is 10.2. The zero-order valence-electron chi connectivity index (χ0n) is 12.5. The van der Waals surface area contributed by atoms with Crippen molar-refractivity contribution in [3.05, 3.63) is 35.7 Å². The standard InChI is InChI=1S/C17H26N2/c1-17(2,3)15-9-10-16(18-14-15)8-7-13-19-11-5-4-6-12-19/h7-10,14H,4-6,11-13H2,1-3H3/b8-7+. The van der Waals surface area contributed by atoms with Crippen LogP contribution in [-0.2, 0) is 5.41 Å². The van der Waals surface area contributed by atoms with Crippen LogP contribution >= 0.6 is 0 Å². The molecule has 1 aliphatic heterocycles. The quantitative estimate of drug-likeness (QED) is 0.818. The molecule has 19 heavy (non-hydrogen) atoms. The predicted molar refractivity (Wildman–Crippen MR) is 82.3 cm³/mol. The van der Waals surface area contributed by atoms with Crippen LogP contribution in [0.1, 0.15) is 51.3 Å². The monoisotopic (exact) mass is 258 g/mol. The average Bonchev–Trinajstić information content (AvgIpc) is 2.39. The van der Waals surface area contributed by atoms with Gasteiger partial charge < -0.3 is 0 Å². The summed E-state index contributed by atoms with van der Waals surface area (Å²) in [5.74, 6) is 0. The van der Waals surface area contributed by atoms with Crippen LogP contribution in [0, 0.1) is 0 Å². The Morgan fingerprint density at radius 1 is 1.16 bits per heavy atom. The topological polar surface area (TPSA) is 16.1 Å². The van der Waals surface area contributed by atoms with E-state index in [9.17, 15) is 0 Å². The van der Waals surface area contributed by atoms with Gasteiger partial charge in [-0.15, -0.1) is 0 Å². The van der Waals surface area contributed by atoms with E-state index in [1.54, 1.807) is 0 Å². The van der Waals surface area contributed by atoms with Crippen LogP contribution < -0.4 is 0 Å². The van der Waals surface area contributed by atoms with Crippen LogP contribution in [0.3, 0.4) is 0 Å². The van der Waals surface area contributed by atoms with E-state index in [4.69, 9.17) is 0 Å². The van der Waals surface area contributed by atoms with Gasteiger partial charge >= 0.3 is 0 Å². The van der Waals surface area contributed by atoms with Crippen molar-refractivity contribution in [1.29, 1.82) is 0 Å². The third kappa shape index (κ3) is 4.46. The summed E-state index contributed by atoms with van der Waals surface area (Å²) in [6.07, 6.45) is 10.5. The number of likely N-dealkylation sites (tertiary alicyclic amines) is 1. The lowest BCUT2D eigenvalue weighted by molar-refractivity contribution is 0.252. The number of pyridine rings is 1. The molecule has 0 saturated carbocycles. The van der Waals surface area contributed by atoms with Crippen molar-refractivity contribution in [3.8, 4) is 0 Å². The molecule has 1 fully saturated rings. The van der Waals surface area contributed by atoms with Crippen LogP contribution in [-0.4, -0.2) is 29.5 Å². The summed E-state index contributed by atoms with van der Waals surface area (Å²) in [7, 11) is 0. The first-order valence-electron chi connectivity index (χ1n) is 7.41. The molecule has 0 amide bonds. The minimum atomic E-state index is 0.184. The third-order valence-corrected chi connectivity index (χ3v) is 3.75. The van der Waals surface area contributed by atoms with Crippen LogP contribution in [0.15, 0.2) is 24.4 Å². The van der Waals surface area contributed by atoms with Gasteiger partial charge in [-0.05, 0) is 49.1 Å². The minimum absolute atomic E-state index is 0.184. The Kier molecular flexibility index (Phi) is 4.76. The first-order chi connectivity index (χ1) is 9.05. The molecule has 1 saturated heterocycles. The molecule has 0 aromatic carbocycles. The highest BCUT2D eigenvalue weighted by Crippen LogP contribution is 2.21. The van der Waals surface area contributed by atoms with Crippen LogP contribution in [0.4, 0.5) is 0 Å². The molecule has 2 rings (SSSR count). The molecule has 1 aromatic rings. The van der Waals surface area contributed by atoms with E-state index in [0.29, 0.717) is 0 Å². The SMILES string of the molecule is CC(C)(C)c1ccc(/C=C/CN2CCCCC2)nc1. The Hall–Kier alpha value is -1.15. The van der Waals surface area contributed by atoms with E-state index < -0.39 is 0 Å². The molecule has 0 unspecified atom stereocenters. The summed E-state index contributed by atoms with van der Waals surface area (Å²) in [5.41, 5.74) is 2.54. The maximum Gasteiger partial charge on any atom is 0.0627 e. The predicted octanol–water partition coefficient (Wildman–Crippen LogP) is 3.88. The lowest BCUT2D eigenvalue weighted by Gasteiger charge is -2.24. The Morgan fingerprint density at radius 3 is 2.47 bits per heavy atom. The second kappa shape index (κ2) is 6.33. The number of piperidine rings is 1. The van der Waals surface area contributed by atoms with Crippen LogP contribution in [0.25, 0.3) is 6.08 Å². The molecule has 1 aromatic heterocycles. The summed E-state index contributed by atoms with van der Waals surface area (Å²) < 4.78 is 0. The van der Waals surface area contributed by atoms with E-state index in [2.05, 4.69) is 54.9 Å². The van der Waals surface area contributed by atoms with E-state index in [1.165, 1.54) is 37.9 Å². The largest absolute Gasteiger partial charge is 0.300 e. The van der Waals surface area contributed by atoms with Crippen molar-refractivity contribution in [1.82, 2.24) is 9.88 Å². The molecular weight excluding hydrogens is 232 g/mol. The Morgan fingerprint density at radius 2 is 1.89 bits per heavy atom. The smallest absolute Gasteiger partial charge is 0.0627 e. The van der Waals surface area contributed by atoms with Gasteiger partial charge in [-0.3, -0.25) is 9.88 Å². The van der Waals surface area contributed by atoms with Gasteiger partial charge in [0.2, 0.25) is 0 Å². The van der Waals surface area contributed by atoms with Crippen molar-refractivity contribution >= 4 is 6.08 Å². The lowest BCUT2D eigenvalue weighted by atomic mass is 9.88. The highest BCUT2D eigenvalue weighted by molar-refractivity contribution is 5.45. The second-order valence-corrected chi connectivity index (χ2v) is 6.49. The zero-order chi connectivity index (χ0) is 13.7. The lowest BCUT2D eigenvalue weighted by Crippen LogP contribution is -2.29. The van der Waals surface area contributed by atoms with E-state index in [1.807, 2.05) is 6.20 Å². The van der Waals surface area contributed by atoms with Gasteiger partial charge in [-0.1, -0.05) is 39.3 Å². The molecule has 104 valence electrons. The molecular formula is C17H26N2. The van der Waals surface area contributed by atoms with Crippen LogP contribution in [0.5, 0.6) is 0 Å². The zero-order valence-corrected chi connectivity index (χ0v) is 12.5. The number of rotatable bonds is 3. The highest BCUT2D eigenvalue weighted by atomic mass is 15.1. The summed E-state index contributed by atoms with van der Waals surface area (Å²) in [4.78, 5) is 7.04. The van der Waals surface area contributed by atoms with Crippen molar-refractivity contribution < 1.29 is 0 Å². The summed E-state index contributed by atoms with van der Waals surface area (Å²) in [6, 6.07) is 4.31. The molecule has 0 aliphatic carbocycles. The fourth-order valence-corrected chi connectivity index (χ4v) is 2.41. The van der Waals surface area contributed by atoms with Crippen molar-refractivity contribution in [2.24, 2.45) is 0 Å². The van der Waals surface area contributed by atoms with Gasteiger partial charge in [-0.25, -0.2) is 0 Å². The molecule has 2 heterocycles. The van der Waals surface area contributed by atoms with Crippen molar-refractivity contribution in [2.45, 2.75) is 45.4 Å². The Bertz CT molecular complexity index is 406. The van der Waals surface area contributed by atoms with E-state index in [-0.39, 0.29) is 5.41 Å². The molecule has 0 spiro atoms. The molecule has 0 N–H and O–H groups in total. The van der Waals surface area contributed by atoms with Gasteiger partial charge in [0.15, 0.2) is 0 Å². The first-order valence-corrected chi connectivity index (χ1v) is 7.41. The molecule has 0 bridgehead atoms. The minimum Gasteiger partial charge on any atom is -0.300 e. The van der Waals surface area contributed by atoms with E-state index >= 15 is 0 Å². The number of nitrogens with zero attached hydrogens (tertiary/aromatic N) is 2. The van der Waals surface area contributed by atoms with Crippen LogP contribution in [0.2, 0.25) is 0 Å². The molecule has 2 heteroatoms. The maximum atomic E-state index is 4.52. The van der Waals surface area contributed by atoms with Gasteiger partial charge in [0, 0.05) is 12.7 Å². The van der Waals surface area contributed by atoms with E-state index in [0.717, 1.165) is 12.2 Å². The second-order valence-electron chi connectivity index (χ2n) is 6.49. The summed E-state index contributed by atoms with van der Waals surface area (Å²) in [5, 5.41) is 0. The summed E-state index contributed by atoms with van der Waals surface area (Å²) >= 11 is 0. The number of aromatic nitrogens is 1. The average molecular weight is 258 g/mol. The van der Waals surface area contributed by atoms with Gasteiger partial charge in [0.05, 0.1) is 5.69 Å². The Labute approximate surface area is 117 Å². The highest BCUT2D eigenvalue weighted by Gasteiger charge is 2.13.